The Bertz CT molecular complexity index is 407. The van der Waals surface area contributed by atoms with Crippen LogP contribution in [0.15, 0.2) is 11.4 Å². The molecule has 6 heteroatoms. The summed E-state index contributed by atoms with van der Waals surface area (Å²) in [6, 6.07) is 1.74. The molecular formula is C11H16N2O3S. The van der Waals surface area contributed by atoms with Crippen LogP contribution in [0.4, 0.5) is 5.69 Å². The van der Waals surface area contributed by atoms with Crippen LogP contribution in [0.1, 0.15) is 16.6 Å². The van der Waals surface area contributed by atoms with E-state index < -0.39 is 0 Å². The Labute approximate surface area is 104 Å². The standard InChI is InChI=1S/C11H16N2O3S/c1-7-6-16-8(5-14)4-13(7)11(15)10-9(12)2-3-17-10/h2-3,7-8,14H,4-6,12H2,1H3. The topological polar surface area (TPSA) is 75.8 Å². The largest absolute Gasteiger partial charge is 0.397 e. The molecular weight excluding hydrogens is 240 g/mol. The molecule has 1 amide bonds. The predicted octanol–water partition coefficient (Wildman–Crippen LogP) is 0.552. The molecule has 3 N–H and O–H groups in total. The fourth-order valence-electron chi connectivity index (χ4n) is 1.83. The Morgan fingerprint density at radius 2 is 2.53 bits per heavy atom. The number of anilines is 1. The van der Waals surface area contributed by atoms with Crippen LogP contribution in [-0.4, -0.2) is 47.8 Å². The molecule has 2 rings (SSSR count). The van der Waals surface area contributed by atoms with Crippen LogP contribution >= 0.6 is 11.3 Å². The Kier molecular flexibility index (Phi) is 3.66. The van der Waals surface area contributed by atoms with Gasteiger partial charge < -0.3 is 20.5 Å². The summed E-state index contributed by atoms with van der Waals surface area (Å²) in [4.78, 5) is 14.6. The van der Waals surface area contributed by atoms with E-state index in [-0.39, 0.29) is 24.7 Å². The van der Waals surface area contributed by atoms with Crippen molar-refractivity contribution in [2.45, 2.75) is 19.1 Å². The summed E-state index contributed by atoms with van der Waals surface area (Å²) in [6.45, 7) is 2.71. The molecule has 0 aliphatic carbocycles. The number of aliphatic hydroxyl groups excluding tert-OH is 1. The summed E-state index contributed by atoms with van der Waals surface area (Å²) in [5, 5.41) is 10.9. The highest BCUT2D eigenvalue weighted by Gasteiger charge is 2.31. The maximum atomic E-state index is 12.3. The Hall–Kier alpha value is -1.11. The fraction of sp³-hybridized carbons (Fsp3) is 0.545. The molecule has 17 heavy (non-hydrogen) atoms. The molecule has 1 aromatic heterocycles. The molecule has 0 aromatic carbocycles. The van der Waals surface area contributed by atoms with Crippen molar-refractivity contribution in [3.63, 3.8) is 0 Å². The SMILES string of the molecule is CC1COC(CO)CN1C(=O)c1sccc1N. The van der Waals surface area contributed by atoms with Gasteiger partial charge in [-0.05, 0) is 18.4 Å². The second kappa shape index (κ2) is 5.03. The van der Waals surface area contributed by atoms with E-state index >= 15 is 0 Å². The van der Waals surface area contributed by atoms with E-state index in [4.69, 9.17) is 15.6 Å². The zero-order chi connectivity index (χ0) is 12.4. The number of rotatable bonds is 2. The third-order valence-electron chi connectivity index (χ3n) is 2.86. The number of nitrogens with two attached hydrogens (primary N) is 1. The minimum Gasteiger partial charge on any atom is -0.397 e. The van der Waals surface area contributed by atoms with Gasteiger partial charge in [0.25, 0.3) is 5.91 Å². The first-order valence-electron chi connectivity index (χ1n) is 5.50. The Morgan fingerprint density at radius 1 is 1.76 bits per heavy atom. The van der Waals surface area contributed by atoms with Crippen molar-refractivity contribution in [3.8, 4) is 0 Å². The Balaban J connectivity index is 2.15. The number of hydrogen-bond acceptors (Lipinski definition) is 5. The van der Waals surface area contributed by atoms with Crippen LogP contribution in [-0.2, 0) is 4.74 Å². The molecule has 1 saturated heterocycles. The second-order valence-electron chi connectivity index (χ2n) is 4.15. The van der Waals surface area contributed by atoms with Crippen molar-refractivity contribution in [1.82, 2.24) is 4.90 Å². The number of nitrogens with zero attached hydrogens (tertiary/aromatic N) is 1. The van der Waals surface area contributed by atoms with E-state index in [1.54, 1.807) is 16.3 Å². The number of ether oxygens (including phenoxy) is 1. The van der Waals surface area contributed by atoms with E-state index in [0.717, 1.165) is 0 Å². The monoisotopic (exact) mass is 256 g/mol. The van der Waals surface area contributed by atoms with Crippen LogP contribution in [0, 0.1) is 0 Å². The number of aliphatic hydroxyl groups is 1. The number of amides is 1. The normalized spacial score (nSPS) is 24.9. The van der Waals surface area contributed by atoms with Crippen LogP contribution in [0.2, 0.25) is 0 Å². The van der Waals surface area contributed by atoms with E-state index in [2.05, 4.69) is 0 Å². The molecule has 0 radical (unpaired) electrons. The molecule has 2 heterocycles. The summed E-state index contributed by atoms with van der Waals surface area (Å²) < 4.78 is 5.40. The molecule has 94 valence electrons. The van der Waals surface area contributed by atoms with Crippen molar-refractivity contribution < 1.29 is 14.6 Å². The average molecular weight is 256 g/mol. The molecule has 1 aliphatic rings. The number of nitrogen functional groups attached to an aromatic ring is 1. The molecule has 0 spiro atoms. The lowest BCUT2D eigenvalue weighted by molar-refractivity contribution is -0.0666. The van der Waals surface area contributed by atoms with Crippen molar-refractivity contribution >= 4 is 22.9 Å². The van der Waals surface area contributed by atoms with E-state index in [0.29, 0.717) is 23.7 Å². The Morgan fingerprint density at radius 3 is 3.12 bits per heavy atom. The van der Waals surface area contributed by atoms with Gasteiger partial charge >= 0.3 is 0 Å². The number of carbonyl (C=O) groups excluding carboxylic acids is 1. The fourth-order valence-corrected chi connectivity index (χ4v) is 2.61. The summed E-state index contributed by atoms with van der Waals surface area (Å²) in [7, 11) is 0. The van der Waals surface area contributed by atoms with E-state index in [9.17, 15) is 4.79 Å². The first-order chi connectivity index (χ1) is 8.13. The second-order valence-corrected chi connectivity index (χ2v) is 5.07. The van der Waals surface area contributed by atoms with Crippen molar-refractivity contribution in [3.05, 3.63) is 16.3 Å². The molecule has 2 atom stereocenters. The van der Waals surface area contributed by atoms with Gasteiger partial charge in [0, 0.05) is 6.54 Å². The average Bonchev–Trinajstić information content (AvgIpc) is 2.75. The maximum Gasteiger partial charge on any atom is 0.266 e. The van der Waals surface area contributed by atoms with Crippen LogP contribution in [0.25, 0.3) is 0 Å². The lowest BCUT2D eigenvalue weighted by Gasteiger charge is -2.37. The van der Waals surface area contributed by atoms with Crippen molar-refractivity contribution in [1.29, 1.82) is 0 Å². The highest BCUT2D eigenvalue weighted by Crippen LogP contribution is 2.23. The van der Waals surface area contributed by atoms with Crippen molar-refractivity contribution in [2.24, 2.45) is 0 Å². The third kappa shape index (κ3) is 2.43. The highest BCUT2D eigenvalue weighted by atomic mass is 32.1. The summed E-state index contributed by atoms with van der Waals surface area (Å²) in [5.41, 5.74) is 6.26. The summed E-state index contributed by atoms with van der Waals surface area (Å²) >= 11 is 1.34. The summed E-state index contributed by atoms with van der Waals surface area (Å²) in [6.07, 6.45) is -0.295. The number of hydrogen-bond donors (Lipinski definition) is 2. The summed E-state index contributed by atoms with van der Waals surface area (Å²) in [5.74, 6) is -0.0771. The van der Waals surface area contributed by atoms with Gasteiger partial charge in [-0.2, -0.15) is 0 Å². The van der Waals surface area contributed by atoms with Gasteiger partial charge in [-0.3, -0.25) is 4.79 Å². The van der Waals surface area contributed by atoms with Gasteiger partial charge in [0.15, 0.2) is 0 Å². The first-order valence-corrected chi connectivity index (χ1v) is 6.38. The zero-order valence-corrected chi connectivity index (χ0v) is 10.4. The molecule has 1 fully saturated rings. The lowest BCUT2D eigenvalue weighted by atomic mass is 10.2. The molecule has 0 bridgehead atoms. The quantitative estimate of drug-likeness (QED) is 0.810. The van der Waals surface area contributed by atoms with Gasteiger partial charge in [0.2, 0.25) is 0 Å². The maximum absolute atomic E-state index is 12.3. The predicted molar refractivity (Wildman–Crippen MR) is 66.1 cm³/mol. The van der Waals surface area contributed by atoms with Gasteiger partial charge in [0.1, 0.15) is 4.88 Å². The van der Waals surface area contributed by atoms with Gasteiger partial charge in [0.05, 0.1) is 31.0 Å². The molecule has 2 unspecified atom stereocenters. The smallest absolute Gasteiger partial charge is 0.266 e. The third-order valence-corrected chi connectivity index (χ3v) is 3.78. The molecule has 1 aromatic rings. The molecule has 5 nitrogen and oxygen atoms in total. The van der Waals surface area contributed by atoms with Crippen LogP contribution in [0.3, 0.4) is 0 Å². The van der Waals surface area contributed by atoms with Crippen molar-refractivity contribution in [2.75, 3.05) is 25.5 Å². The number of carbonyl (C=O) groups is 1. The molecule has 0 saturated carbocycles. The molecule has 1 aliphatic heterocycles. The van der Waals surface area contributed by atoms with Gasteiger partial charge in [-0.15, -0.1) is 11.3 Å². The van der Waals surface area contributed by atoms with E-state index in [1.165, 1.54) is 11.3 Å². The minimum absolute atomic E-state index is 0.00630. The lowest BCUT2D eigenvalue weighted by Crippen LogP contribution is -2.51. The number of morpholine rings is 1. The van der Waals surface area contributed by atoms with Crippen LogP contribution < -0.4 is 5.73 Å². The highest BCUT2D eigenvalue weighted by molar-refractivity contribution is 7.12. The number of thiophene rings is 1. The first kappa shape index (κ1) is 12.3. The minimum atomic E-state index is -0.295. The van der Waals surface area contributed by atoms with Crippen LogP contribution in [0.5, 0.6) is 0 Å². The van der Waals surface area contributed by atoms with E-state index in [1.807, 2.05) is 6.92 Å². The van der Waals surface area contributed by atoms with Gasteiger partial charge in [-0.1, -0.05) is 0 Å². The van der Waals surface area contributed by atoms with Gasteiger partial charge in [-0.25, -0.2) is 0 Å². The zero-order valence-electron chi connectivity index (χ0n) is 9.63.